The predicted octanol–water partition coefficient (Wildman–Crippen LogP) is 0.511. The van der Waals surface area contributed by atoms with Crippen LogP contribution in [0.15, 0.2) is 6.07 Å². The van der Waals surface area contributed by atoms with E-state index in [2.05, 4.69) is 10.2 Å². The van der Waals surface area contributed by atoms with E-state index in [1.165, 1.54) is 14.2 Å². The Hall–Kier alpha value is -1.85. The monoisotopic (exact) mass is 212 g/mol. The van der Waals surface area contributed by atoms with E-state index in [1.807, 2.05) is 0 Å². The molecule has 1 aromatic heterocycles. The molecule has 0 saturated heterocycles. The van der Waals surface area contributed by atoms with E-state index in [1.54, 1.807) is 6.07 Å². The number of hydrogen-bond acceptors (Lipinski definition) is 5. The molecule has 0 fully saturated rings. The fraction of sp³-hybridized carbons (Fsp3) is 0.444. The number of methoxy groups -OCH3 is 2. The highest BCUT2D eigenvalue weighted by Crippen LogP contribution is 2.19. The maximum Gasteiger partial charge on any atom is 0.303 e. The fourth-order valence-electron chi connectivity index (χ4n) is 1.09. The lowest BCUT2D eigenvalue weighted by Crippen LogP contribution is -2.03. The minimum atomic E-state index is -0.868. The molecule has 0 aliphatic rings. The molecule has 0 atom stereocenters. The van der Waals surface area contributed by atoms with Gasteiger partial charge in [0.25, 0.3) is 0 Å². The van der Waals surface area contributed by atoms with Gasteiger partial charge >= 0.3 is 5.97 Å². The minimum absolute atomic E-state index is 0.0191. The number of carboxylic acids is 1. The Kier molecular flexibility index (Phi) is 3.84. The molecule has 0 aliphatic carbocycles. The summed E-state index contributed by atoms with van der Waals surface area (Å²) in [6.45, 7) is 0. The summed E-state index contributed by atoms with van der Waals surface area (Å²) in [6, 6.07) is 1.62. The van der Waals surface area contributed by atoms with Crippen LogP contribution in [0, 0.1) is 0 Å². The molecule has 0 unspecified atom stereocenters. The second kappa shape index (κ2) is 5.14. The molecule has 1 heterocycles. The van der Waals surface area contributed by atoms with Crippen molar-refractivity contribution in [2.24, 2.45) is 0 Å². The van der Waals surface area contributed by atoms with Gasteiger partial charge < -0.3 is 14.6 Å². The second-order valence-corrected chi connectivity index (χ2v) is 2.81. The van der Waals surface area contributed by atoms with Crippen LogP contribution < -0.4 is 9.47 Å². The van der Waals surface area contributed by atoms with E-state index in [0.29, 0.717) is 23.7 Å². The number of aliphatic carboxylic acids is 1. The number of ether oxygens (including phenoxy) is 2. The van der Waals surface area contributed by atoms with Gasteiger partial charge in [-0.2, -0.15) is 0 Å². The van der Waals surface area contributed by atoms with Crippen molar-refractivity contribution in [3.8, 4) is 11.8 Å². The van der Waals surface area contributed by atoms with E-state index < -0.39 is 5.97 Å². The molecule has 0 aromatic carbocycles. The van der Waals surface area contributed by atoms with Gasteiger partial charge in [-0.1, -0.05) is 0 Å². The first kappa shape index (κ1) is 11.2. The van der Waals surface area contributed by atoms with Gasteiger partial charge in [-0.3, -0.25) is 4.79 Å². The van der Waals surface area contributed by atoms with Crippen LogP contribution in [0.3, 0.4) is 0 Å². The molecule has 0 amide bonds. The third-order valence-electron chi connectivity index (χ3n) is 1.82. The highest BCUT2D eigenvalue weighted by Gasteiger charge is 2.09. The summed E-state index contributed by atoms with van der Waals surface area (Å²) in [5.41, 5.74) is 0.673. The highest BCUT2D eigenvalue weighted by molar-refractivity contribution is 5.67. The first-order valence-electron chi connectivity index (χ1n) is 4.33. The van der Waals surface area contributed by atoms with Crippen molar-refractivity contribution >= 4 is 5.97 Å². The van der Waals surface area contributed by atoms with Gasteiger partial charge in [0.2, 0.25) is 11.8 Å². The molecule has 0 aliphatic heterocycles. The molecule has 82 valence electrons. The van der Waals surface area contributed by atoms with Crippen LogP contribution in [0.2, 0.25) is 0 Å². The topological polar surface area (TPSA) is 81.5 Å². The van der Waals surface area contributed by atoms with Gasteiger partial charge in [-0.25, -0.2) is 0 Å². The average Bonchev–Trinajstić information content (AvgIpc) is 2.25. The molecule has 15 heavy (non-hydrogen) atoms. The maximum atomic E-state index is 10.4. The van der Waals surface area contributed by atoms with Gasteiger partial charge in [0.15, 0.2) is 0 Å². The number of rotatable bonds is 5. The van der Waals surface area contributed by atoms with Crippen LogP contribution in [0.25, 0.3) is 0 Å². The highest BCUT2D eigenvalue weighted by atomic mass is 16.5. The SMILES string of the molecule is COc1cc(CCC(=O)O)c(OC)nn1. The number of carbonyl (C=O) groups is 1. The normalized spacial score (nSPS) is 9.73. The van der Waals surface area contributed by atoms with Crippen molar-refractivity contribution in [2.75, 3.05) is 14.2 Å². The lowest BCUT2D eigenvalue weighted by molar-refractivity contribution is -0.136. The van der Waals surface area contributed by atoms with Gasteiger partial charge in [0.1, 0.15) is 0 Å². The summed E-state index contributed by atoms with van der Waals surface area (Å²) < 4.78 is 9.84. The summed E-state index contributed by atoms with van der Waals surface area (Å²) in [6.07, 6.45) is 0.357. The summed E-state index contributed by atoms with van der Waals surface area (Å²) in [4.78, 5) is 10.4. The number of nitrogens with zero attached hydrogens (tertiary/aromatic N) is 2. The van der Waals surface area contributed by atoms with Crippen LogP contribution in [-0.2, 0) is 11.2 Å². The van der Waals surface area contributed by atoms with E-state index in [9.17, 15) is 4.79 Å². The third kappa shape index (κ3) is 3.08. The zero-order valence-corrected chi connectivity index (χ0v) is 8.56. The molecular formula is C9H12N2O4. The quantitative estimate of drug-likeness (QED) is 0.765. The molecule has 6 nitrogen and oxygen atoms in total. The van der Waals surface area contributed by atoms with E-state index >= 15 is 0 Å². The molecule has 0 bridgehead atoms. The fourth-order valence-corrected chi connectivity index (χ4v) is 1.09. The van der Waals surface area contributed by atoms with E-state index in [4.69, 9.17) is 14.6 Å². The molecule has 6 heteroatoms. The van der Waals surface area contributed by atoms with E-state index in [0.717, 1.165) is 0 Å². The van der Waals surface area contributed by atoms with Crippen molar-refractivity contribution in [1.29, 1.82) is 0 Å². The number of carboxylic acid groups (broad SMARTS) is 1. The first-order valence-corrected chi connectivity index (χ1v) is 4.33. The lowest BCUT2D eigenvalue weighted by atomic mass is 10.1. The molecular weight excluding hydrogens is 200 g/mol. The van der Waals surface area contributed by atoms with Gasteiger partial charge in [-0.15, -0.1) is 10.2 Å². The Morgan fingerprint density at radius 3 is 2.67 bits per heavy atom. The summed E-state index contributed by atoms with van der Waals surface area (Å²) >= 11 is 0. The van der Waals surface area contributed by atoms with Crippen LogP contribution >= 0.6 is 0 Å². The Bertz CT molecular complexity index is 354. The van der Waals surface area contributed by atoms with Gasteiger partial charge in [0, 0.05) is 18.1 Å². The van der Waals surface area contributed by atoms with Gasteiger partial charge in [0.05, 0.1) is 14.2 Å². The molecule has 1 rings (SSSR count). The second-order valence-electron chi connectivity index (χ2n) is 2.81. The number of aromatic nitrogens is 2. The van der Waals surface area contributed by atoms with Crippen LogP contribution in [0.5, 0.6) is 11.8 Å². The lowest BCUT2D eigenvalue weighted by Gasteiger charge is -2.06. The Balaban J connectivity index is 2.85. The average molecular weight is 212 g/mol. The zero-order chi connectivity index (χ0) is 11.3. The zero-order valence-electron chi connectivity index (χ0n) is 8.56. The number of hydrogen-bond donors (Lipinski definition) is 1. The minimum Gasteiger partial charge on any atom is -0.481 e. The van der Waals surface area contributed by atoms with Crippen molar-refractivity contribution in [3.05, 3.63) is 11.6 Å². The standard InChI is InChI=1S/C9H12N2O4/c1-14-7-5-6(3-4-8(12)13)9(15-2)11-10-7/h5H,3-4H2,1-2H3,(H,12,13). The summed E-state index contributed by atoms with van der Waals surface area (Å²) in [7, 11) is 2.93. The molecule has 1 N–H and O–H groups in total. The Morgan fingerprint density at radius 1 is 1.40 bits per heavy atom. The van der Waals surface area contributed by atoms with Crippen molar-refractivity contribution in [1.82, 2.24) is 10.2 Å². The van der Waals surface area contributed by atoms with E-state index in [-0.39, 0.29) is 6.42 Å². The maximum absolute atomic E-state index is 10.4. The Morgan fingerprint density at radius 2 is 2.13 bits per heavy atom. The Labute approximate surface area is 86.8 Å². The largest absolute Gasteiger partial charge is 0.481 e. The van der Waals surface area contributed by atoms with Crippen LogP contribution in [-0.4, -0.2) is 35.5 Å². The first-order chi connectivity index (χ1) is 7.17. The van der Waals surface area contributed by atoms with Crippen molar-refractivity contribution in [3.63, 3.8) is 0 Å². The van der Waals surface area contributed by atoms with Crippen molar-refractivity contribution < 1.29 is 19.4 Å². The smallest absolute Gasteiger partial charge is 0.303 e. The predicted molar refractivity (Wildman–Crippen MR) is 51.1 cm³/mol. The van der Waals surface area contributed by atoms with Crippen LogP contribution in [0.1, 0.15) is 12.0 Å². The van der Waals surface area contributed by atoms with Gasteiger partial charge in [-0.05, 0) is 6.42 Å². The third-order valence-corrected chi connectivity index (χ3v) is 1.82. The molecule has 1 aromatic rings. The summed E-state index contributed by atoms with van der Waals surface area (Å²) in [5, 5.41) is 16.0. The van der Waals surface area contributed by atoms with Crippen LogP contribution in [0.4, 0.5) is 0 Å². The summed E-state index contributed by atoms with van der Waals surface area (Å²) in [5.74, 6) is -0.193. The molecule has 0 saturated carbocycles. The molecule has 0 spiro atoms. The molecule has 0 radical (unpaired) electrons. The number of aryl methyl sites for hydroxylation is 1. The van der Waals surface area contributed by atoms with Crippen molar-refractivity contribution in [2.45, 2.75) is 12.8 Å².